The second kappa shape index (κ2) is 6.13. The van der Waals surface area contributed by atoms with Crippen LogP contribution in [0.3, 0.4) is 0 Å². The van der Waals surface area contributed by atoms with Gasteiger partial charge in [-0.3, -0.25) is 4.79 Å². The van der Waals surface area contributed by atoms with Crippen molar-refractivity contribution >= 4 is 21.7 Å². The van der Waals surface area contributed by atoms with E-state index in [0.29, 0.717) is 11.3 Å². The number of Topliss-reactive ketones (excluding diaryl/α,β-unsaturated/α-hetero) is 1. The summed E-state index contributed by atoms with van der Waals surface area (Å²) in [5, 5.41) is 0. The minimum absolute atomic E-state index is 0.126. The Bertz CT molecular complexity index is 633. The predicted octanol–water partition coefficient (Wildman–Crippen LogP) is 4.16. The second-order valence-corrected chi connectivity index (χ2v) is 5.07. The predicted molar refractivity (Wildman–Crippen MR) is 75.1 cm³/mol. The highest BCUT2D eigenvalue weighted by molar-refractivity contribution is 9.10. The molecule has 2 aromatic rings. The zero-order chi connectivity index (χ0) is 14.7. The van der Waals surface area contributed by atoms with E-state index >= 15 is 0 Å². The van der Waals surface area contributed by atoms with Gasteiger partial charge in [-0.15, -0.1) is 0 Å². The van der Waals surface area contributed by atoms with Crippen molar-refractivity contribution in [3.8, 4) is 5.75 Å². The number of carbonyl (C=O) groups excluding carboxylic acids is 1. The molecule has 0 atom stereocenters. The Morgan fingerprint density at radius 2 is 1.80 bits per heavy atom. The minimum Gasteiger partial charge on any atom is -0.496 e. The molecular weight excluding hydrogens is 330 g/mol. The van der Waals surface area contributed by atoms with Crippen LogP contribution in [0.25, 0.3) is 0 Å². The quantitative estimate of drug-likeness (QED) is 0.781. The second-order valence-electron chi connectivity index (χ2n) is 4.16. The Morgan fingerprint density at radius 1 is 1.20 bits per heavy atom. The molecule has 0 aliphatic rings. The summed E-state index contributed by atoms with van der Waals surface area (Å²) in [7, 11) is 1.48. The summed E-state index contributed by atoms with van der Waals surface area (Å²) in [4.78, 5) is 12.1. The number of halogens is 3. The molecule has 2 aromatic carbocycles. The number of rotatable bonds is 4. The Morgan fingerprint density at radius 3 is 2.40 bits per heavy atom. The minimum atomic E-state index is -0.878. The highest BCUT2D eigenvalue weighted by Gasteiger charge is 2.19. The monoisotopic (exact) mass is 340 g/mol. The Labute approximate surface area is 123 Å². The first-order chi connectivity index (χ1) is 9.52. The van der Waals surface area contributed by atoms with Gasteiger partial charge in [0.2, 0.25) is 0 Å². The van der Waals surface area contributed by atoms with Crippen LogP contribution in [0.15, 0.2) is 40.9 Å². The Balaban J connectivity index is 2.34. The normalized spacial score (nSPS) is 10.4. The first kappa shape index (κ1) is 14.7. The number of ether oxygens (including phenoxy) is 1. The summed E-state index contributed by atoms with van der Waals surface area (Å²) in [6, 6.07) is 9.01. The van der Waals surface area contributed by atoms with Gasteiger partial charge < -0.3 is 4.74 Å². The molecule has 2 nitrogen and oxygen atoms in total. The van der Waals surface area contributed by atoms with Crippen LogP contribution in [0.1, 0.15) is 15.9 Å². The smallest absolute Gasteiger partial charge is 0.173 e. The van der Waals surface area contributed by atoms with Crippen molar-refractivity contribution in [3.63, 3.8) is 0 Å². The van der Waals surface area contributed by atoms with Crippen molar-refractivity contribution < 1.29 is 18.3 Å². The summed E-state index contributed by atoms with van der Waals surface area (Å²) in [6.07, 6.45) is -0.126. The van der Waals surface area contributed by atoms with Gasteiger partial charge in [-0.1, -0.05) is 34.1 Å². The largest absolute Gasteiger partial charge is 0.496 e. The lowest BCUT2D eigenvalue weighted by molar-refractivity contribution is 0.0984. The molecule has 0 aliphatic heterocycles. The molecular formula is C15H11BrF2O2. The molecule has 0 fully saturated rings. The van der Waals surface area contributed by atoms with Crippen molar-refractivity contribution in [2.45, 2.75) is 6.42 Å². The zero-order valence-corrected chi connectivity index (χ0v) is 12.2. The van der Waals surface area contributed by atoms with Gasteiger partial charge in [0, 0.05) is 16.5 Å². The van der Waals surface area contributed by atoms with Crippen molar-refractivity contribution in [2.24, 2.45) is 0 Å². The summed E-state index contributed by atoms with van der Waals surface area (Å²) < 4.78 is 32.8. The van der Waals surface area contributed by atoms with Gasteiger partial charge in [0.05, 0.1) is 12.7 Å². The average molecular weight is 341 g/mol. The van der Waals surface area contributed by atoms with E-state index in [9.17, 15) is 13.6 Å². The molecule has 0 N–H and O–H groups in total. The molecule has 0 amide bonds. The molecule has 0 aliphatic carbocycles. The van der Waals surface area contributed by atoms with E-state index in [1.807, 2.05) is 0 Å². The van der Waals surface area contributed by atoms with Gasteiger partial charge in [-0.25, -0.2) is 8.78 Å². The van der Waals surface area contributed by atoms with Crippen LogP contribution in [0.4, 0.5) is 8.78 Å². The van der Waals surface area contributed by atoms with E-state index in [0.717, 1.165) is 12.1 Å². The lowest BCUT2D eigenvalue weighted by Gasteiger charge is -2.09. The maximum absolute atomic E-state index is 13.7. The van der Waals surface area contributed by atoms with Crippen LogP contribution in [0, 0.1) is 11.6 Å². The molecule has 20 heavy (non-hydrogen) atoms. The van der Waals surface area contributed by atoms with Crippen molar-refractivity contribution in [1.29, 1.82) is 0 Å². The topological polar surface area (TPSA) is 26.3 Å². The summed E-state index contributed by atoms with van der Waals surface area (Å²) in [5.74, 6) is -1.87. The lowest BCUT2D eigenvalue weighted by Crippen LogP contribution is -2.10. The summed E-state index contributed by atoms with van der Waals surface area (Å²) in [6.45, 7) is 0. The van der Waals surface area contributed by atoms with Crippen LogP contribution >= 0.6 is 15.9 Å². The van der Waals surface area contributed by atoms with E-state index in [2.05, 4.69) is 15.9 Å². The molecule has 0 radical (unpaired) electrons. The van der Waals surface area contributed by atoms with Crippen LogP contribution < -0.4 is 4.74 Å². The van der Waals surface area contributed by atoms with Crippen LogP contribution in [0.2, 0.25) is 0 Å². The van der Waals surface area contributed by atoms with Gasteiger partial charge in [-0.05, 0) is 18.2 Å². The number of hydrogen-bond donors (Lipinski definition) is 0. The Kier molecular flexibility index (Phi) is 4.49. The number of para-hydroxylation sites is 1. The first-order valence-corrected chi connectivity index (χ1v) is 6.62. The number of benzene rings is 2. The van der Waals surface area contributed by atoms with Gasteiger partial charge in [0.15, 0.2) is 5.78 Å². The highest BCUT2D eigenvalue weighted by Crippen LogP contribution is 2.23. The van der Waals surface area contributed by atoms with Gasteiger partial charge in [-0.2, -0.15) is 0 Å². The number of ketones is 1. The summed E-state index contributed by atoms with van der Waals surface area (Å²) in [5.41, 5.74) is 0.0563. The van der Waals surface area contributed by atoms with Crippen molar-refractivity contribution in [1.82, 2.24) is 0 Å². The molecule has 0 saturated heterocycles. The molecule has 0 heterocycles. The molecule has 0 unspecified atom stereocenters. The van der Waals surface area contributed by atoms with Crippen LogP contribution in [-0.4, -0.2) is 12.9 Å². The van der Waals surface area contributed by atoms with Gasteiger partial charge >= 0.3 is 0 Å². The third-order valence-corrected chi connectivity index (χ3v) is 3.29. The van der Waals surface area contributed by atoms with E-state index in [4.69, 9.17) is 4.74 Å². The number of hydrogen-bond acceptors (Lipinski definition) is 2. The van der Waals surface area contributed by atoms with Gasteiger partial charge in [0.1, 0.15) is 17.4 Å². The number of methoxy groups -OCH3 is 1. The molecule has 2 rings (SSSR count). The summed E-state index contributed by atoms with van der Waals surface area (Å²) >= 11 is 2.97. The molecule has 0 aromatic heterocycles. The van der Waals surface area contributed by atoms with E-state index in [-0.39, 0.29) is 10.9 Å². The molecule has 0 saturated carbocycles. The van der Waals surface area contributed by atoms with E-state index in [1.165, 1.54) is 7.11 Å². The fourth-order valence-corrected chi connectivity index (χ4v) is 2.32. The molecule has 0 bridgehead atoms. The lowest BCUT2D eigenvalue weighted by atomic mass is 10.0. The van der Waals surface area contributed by atoms with Crippen molar-refractivity contribution in [2.75, 3.05) is 7.11 Å². The van der Waals surface area contributed by atoms with Crippen molar-refractivity contribution in [3.05, 3.63) is 63.6 Å². The fourth-order valence-electron chi connectivity index (χ4n) is 1.92. The van der Waals surface area contributed by atoms with E-state index in [1.54, 1.807) is 24.3 Å². The van der Waals surface area contributed by atoms with Crippen LogP contribution in [0.5, 0.6) is 5.75 Å². The molecule has 0 spiro atoms. The first-order valence-electron chi connectivity index (χ1n) is 5.82. The fraction of sp³-hybridized carbons (Fsp3) is 0.133. The maximum atomic E-state index is 13.7. The number of carbonyl (C=O) groups is 1. The highest BCUT2D eigenvalue weighted by atomic mass is 79.9. The van der Waals surface area contributed by atoms with E-state index < -0.39 is 23.0 Å². The molecule has 104 valence electrons. The standard InChI is InChI=1S/C15H11BrF2O2/c1-20-14-5-3-2-4-9(14)6-13(19)15-11(17)7-10(16)8-12(15)18/h2-5,7-8H,6H2,1H3. The van der Waals surface area contributed by atoms with Crippen LogP contribution in [-0.2, 0) is 6.42 Å². The SMILES string of the molecule is COc1ccccc1CC(=O)c1c(F)cc(Br)cc1F. The molecule has 5 heteroatoms. The Hall–Kier alpha value is -1.75. The zero-order valence-electron chi connectivity index (χ0n) is 10.6. The third-order valence-electron chi connectivity index (χ3n) is 2.83. The third kappa shape index (κ3) is 3.04. The van der Waals surface area contributed by atoms with Gasteiger partial charge in [0.25, 0.3) is 0 Å². The maximum Gasteiger partial charge on any atom is 0.173 e. The average Bonchev–Trinajstić information content (AvgIpc) is 2.38.